The summed E-state index contributed by atoms with van der Waals surface area (Å²) in [6.07, 6.45) is 0.588. The molecule has 1 heterocycles. The van der Waals surface area contributed by atoms with Crippen molar-refractivity contribution in [3.8, 4) is 0 Å². The van der Waals surface area contributed by atoms with Crippen LogP contribution in [0.4, 0.5) is 5.69 Å². The van der Waals surface area contributed by atoms with Gasteiger partial charge in [-0.15, -0.1) is 0 Å². The molecule has 0 radical (unpaired) electrons. The third kappa shape index (κ3) is 2.58. The molecular weight excluding hydrogens is 248 g/mol. The van der Waals surface area contributed by atoms with Gasteiger partial charge in [0.25, 0.3) is 11.6 Å². The lowest BCUT2D eigenvalue weighted by molar-refractivity contribution is -0.384. The highest BCUT2D eigenvalue weighted by Gasteiger charge is 2.42. The van der Waals surface area contributed by atoms with Crippen LogP contribution in [0.3, 0.4) is 0 Å². The topological polar surface area (TPSA) is 83.7 Å². The minimum absolute atomic E-state index is 0.0883. The number of hydrogen-bond donors (Lipinski definition) is 1. The fourth-order valence-electron chi connectivity index (χ4n) is 2.21. The Hall–Kier alpha value is -1.95. The molecule has 1 aliphatic heterocycles. The van der Waals surface area contributed by atoms with E-state index >= 15 is 0 Å². The van der Waals surface area contributed by atoms with Gasteiger partial charge in [0.05, 0.1) is 23.6 Å². The van der Waals surface area contributed by atoms with Crippen LogP contribution in [0.25, 0.3) is 0 Å². The van der Waals surface area contributed by atoms with E-state index in [4.69, 9.17) is 0 Å². The molecule has 0 spiro atoms. The maximum Gasteiger partial charge on any atom is 0.270 e. The highest BCUT2D eigenvalue weighted by Crippen LogP contribution is 2.27. The average molecular weight is 264 g/mol. The number of benzene rings is 1. The Kier molecular flexibility index (Phi) is 3.28. The Morgan fingerprint density at radius 2 is 2.11 bits per heavy atom. The number of aliphatic hydroxyl groups is 1. The predicted molar refractivity (Wildman–Crippen MR) is 69.0 cm³/mol. The molecule has 1 N–H and O–H groups in total. The number of nitro groups is 1. The lowest BCUT2D eigenvalue weighted by Gasteiger charge is -2.46. The van der Waals surface area contributed by atoms with E-state index in [1.807, 2.05) is 6.92 Å². The molecule has 0 unspecified atom stereocenters. The average Bonchev–Trinajstić information content (AvgIpc) is 2.33. The van der Waals surface area contributed by atoms with Gasteiger partial charge in [-0.1, -0.05) is 6.92 Å². The number of nitrogens with zero attached hydrogens (tertiary/aromatic N) is 2. The highest BCUT2D eigenvalue weighted by molar-refractivity contribution is 5.95. The van der Waals surface area contributed by atoms with Crippen LogP contribution in [0, 0.1) is 17.0 Å². The van der Waals surface area contributed by atoms with Gasteiger partial charge >= 0.3 is 0 Å². The molecule has 0 bridgehead atoms. The van der Waals surface area contributed by atoms with Crippen LogP contribution in [0.5, 0.6) is 0 Å². The quantitative estimate of drug-likeness (QED) is 0.662. The van der Waals surface area contributed by atoms with Crippen molar-refractivity contribution < 1.29 is 14.8 Å². The number of β-amino-alcohol motifs (C(OH)–C–C–N with tert-alkyl or cyclic N) is 1. The molecule has 0 saturated carbocycles. The zero-order chi connectivity index (χ0) is 14.2. The van der Waals surface area contributed by atoms with Crippen molar-refractivity contribution >= 4 is 11.6 Å². The number of rotatable bonds is 3. The summed E-state index contributed by atoms with van der Waals surface area (Å²) in [5, 5.41) is 20.7. The Balaban J connectivity index is 2.19. The van der Waals surface area contributed by atoms with Crippen molar-refractivity contribution in [3.05, 3.63) is 39.4 Å². The van der Waals surface area contributed by atoms with Gasteiger partial charge in [-0.05, 0) is 25.0 Å². The van der Waals surface area contributed by atoms with Crippen LogP contribution in [0.2, 0.25) is 0 Å². The number of non-ortho nitro benzene ring substituents is 1. The lowest BCUT2D eigenvalue weighted by Crippen LogP contribution is -2.63. The first kappa shape index (κ1) is 13.5. The zero-order valence-corrected chi connectivity index (χ0v) is 10.9. The summed E-state index contributed by atoms with van der Waals surface area (Å²) in [5.74, 6) is -0.273. The number of amides is 1. The largest absolute Gasteiger partial charge is 0.386 e. The summed E-state index contributed by atoms with van der Waals surface area (Å²) >= 11 is 0. The predicted octanol–water partition coefficient (Wildman–Crippen LogP) is 1.50. The van der Waals surface area contributed by atoms with Crippen LogP contribution >= 0.6 is 0 Å². The van der Waals surface area contributed by atoms with Gasteiger partial charge < -0.3 is 10.0 Å². The fraction of sp³-hybridized carbons (Fsp3) is 0.462. The van der Waals surface area contributed by atoms with E-state index in [-0.39, 0.29) is 24.7 Å². The second-order valence-electron chi connectivity index (χ2n) is 5.05. The van der Waals surface area contributed by atoms with Crippen molar-refractivity contribution in [1.29, 1.82) is 0 Å². The third-order valence-electron chi connectivity index (χ3n) is 3.44. The molecule has 1 fully saturated rings. The smallest absolute Gasteiger partial charge is 0.270 e. The van der Waals surface area contributed by atoms with E-state index in [0.717, 1.165) is 0 Å². The van der Waals surface area contributed by atoms with E-state index in [0.29, 0.717) is 17.5 Å². The van der Waals surface area contributed by atoms with Crippen molar-refractivity contribution in [1.82, 2.24) is 4.90 Å². The first-order valence-electron chi connectivity index (χ1n) is 6.12. The van der Waals surface area contributed by atoms with Gasteiger partial charge in [-0.2, -0.15) is 0 Å². The van der Waals surface area contributed by atoms with Crippen molar-refractivity contribution in [2.75, 3.05) is 13.1 Å². The van der Waals surface area contributed by atoms with Gasteiger partial charge in [-0.3, -0.25) is 14.9 Å². The monoisotopic (exact) mass is 264 g/mol. The first-order chi connectivity index (χ1) is 8.84. The van der Waals surface area contributed by atoms with E-state index in [1.54, 1.807) is 13.0 Å². The highest BCUT2D eigenvalue weighted by atomic mass is 16.6. The minimum Gasteiger partial charge on any atom is -0.386 e. The summed E-state index contributed by atoms with van der Waals surface area (Å²) < 4.78 is 0. The standard InChI is InChI=1S/C13H16N2O4/c1-3-13(17)7-14(8-13)12(16)10-4-9(2)5-11(6-10)15(18)19/h4-6,17H,3,7-8H2,1-2H3. The van der Waals surface area contributed by atoms with E-state index < -0.39 is 10.5 Å². The van der Waals surface area contributed by atoms with Crippen molar-refractivity contribution in [2.45, 2.75) is 25.9 Å². The molecular formula is C13H16N2O4. The number of likely N-dealkylation sites (tertiary alicyclic amines) is 1. The maximum absolute atomic E-state index is 12.1. The number of hydrogen-bond acceptors (Lipinski definition) is 4. The second-order valence-corrected chi connectivity index (χ2v) is 5.05. The van der Waals surface area contributed by atoms with Crippen LogP contribution in [-0.2, 0) is 0 Å². The summed E-state index contributed by atoms with van der Waals surface area (Å²) in [7, 11) is 0. The molecule has 1 aliphatic rings. The molecule has 0 aliphatic carbocycles. The lowest BCUT2D eigenvalue weighted by atomic mass is 9.90. The summed E-state index contributed by atoms with van der Waals surface area (Å²) in [4.78, 5) is 23.9. The normalized spacial score (nSPS) is 16.9. The summed E-state index contributed by atoms with van der Waals surface area (Å²) in [6.45, 7) is 4.13. The SMILES string of the molecule is CCC1(O)CN(C(=O)c2cc(C)cc([N+](=O)[O-])c2)C1. The van der Waals surface area contributed by atoms with E-state index in [2.05, 4.69) is 0 Å². The van der Waals surface area contributed by atoms with Gasteiger partial charge in [0.1, 0.15) is 0 Å². The van der Waals surface area contributed by atoms with Gasteiger partial charge in [0.15, 0.2) is 0 Å². The molecule has 1 saturated heterocycles. The number of carbonyl (C=O) groups excluding carboxylic acids is 1. The minimum atomic E-state index is -0.800. The number of nitro benzene ring substituents is 1. The Morgan fingerprint density at radius 3 is 2.63 bits per heavy atom. The Labute approximate surface area is 110 Å². The Bertz CT molecular complexity index is 535. The van der Waals surface area contributed by atoms with E-state index in [9.17, 15) is 20.0 Å². The van der Waals surface area contributed by atoms with E-state index in [1.165, 1.54) is 17.0 Å². The van der Waals surface area contributed by atoms with Gasteiger partial charge in [-0.25, -0.2) is 0 Å². The van der Waals surface area contributed by atoms with Gasteiger partial charge in [0.2, 0.25) is 0 Å². The fourth-order valence-corrected chi connectivity index (χ4v) is 2.21. The van der Waals surface area contributed by atoms with Crippen molar-refractivity contribution in [3.63, 3.8) is 0 Å². The molecule has 6 heteroatoms. The van der Waals surface area contributed by atoms with Crippen LogP contribution in [0.1, 0.15) is 29.3 Å². The molecule has 2 rings (SSSR count). The molecule has 1 amide bonds. The number of aryl methyl sites for hydroxylation is 1. The third-order valence-corrected chi connectivity index (χ3v) is 3.44. The molecule has 1 aromatic carbocycles. The molecule has 19 heavy (non-hydrogen) atoms. The van der Waals surface area contributed by atoms with Crippen LogP contribution in [-0.4, -0.2) is 39.5 Å². The van der Waals surface area contributed by atoms with Gasteiger partial charge in [0, 0.05) is 17.7 Å². The van der Waals surface area contributed by atoms with Crippen LogP contribution in [0.15, 0.2) is 18.2 Å². The second kappa shape index (κ2) is 4.62. The molecule has 102 valence electrons. The van der Waals surface area contributed by atoms with Crippen molar-refractivity contribution in [2.24, 2.45) is 0 Å². The Morgan fingerprint density at radius 1 is 1.47 bits per heavy atom. The van der Waals surface area contributed by atoms with Crippen LogP contribution < -0.4 is 0 Å². The molecule has 6 nitrogen and oxygen atoms in total. The number of carbonyl (C=O) groups is 1. The summed E-state index contributed by atoms with van der Waals surface area (Å²) in [6, 6.07) is 4.33. The maximum atomic E-state index is 12.1. The zero-order valence-electron chi connectivity index (χ0n) is 10.9. The first-order valence-corrected chi connectivity index (χ1v) is 6.12. The molecule has 0 atom stereocenters. The molecule has 1 aromatic rings. The molecule has 0 aromatic heterocycles. The summed E-state index contributed by atoms with van der Waals surface area (Å²) in [5.41, 5.74) is 0.0779.